The van der Waals surface area contributed by atoms with Crippen molar-refractivity contribution >= 4 is 23.4 Å². The number of hydrogen-bond donors (Lipinski definition) is 2. The minimum absolute atomic E-state index is 0.0417. The Kier molecular flexibility index (Phi) is 7.49. The Bertz CT molecular complexity index is 1300. The number of likely N-dealkylation sites (N-methyl/N-ethyl adjacent to an activating group) is 1. The molecule has 2 fully saturated rings. The summed E-state index contributed by atoms with van der Waals surface area (Å²) in [5.74, 6) is -0.741. The van der Waals surface area contributed by atoms with Gasteiger partial charge in [-0.3, -0.25) is 14.4 Å². The monoisotopic (exact) mass is 561 g/mol. The van der Waals surface area contributed by atoms with Crippen LogP contribution in [0.4, 0.5) is 18.9 Å². The van der Waals surface area contributed by atoms with E-state index < -0.39 is 23.8 Å². The maximum Gasteiger partial charge on any atom is 0.416 e. The predicted octanol–water partition coefficient (Wildman–Crippen LogP) is 3.63. The molecule has 3 aliphatic heterocycles. The maximum absolute atomic E-state index is 13.4. The molecule has 0 unspecified atom stereocenters. The van der Waals surface area contributed by atoms with Gasteiger partial charge in [0.05, 0.1) is 48.4 Å². The van der Waals surface area contributed by atoms with Crippen LogP contribution in [0.2, 0.25) is 0 Å². The lowest BCUT2D eigenvalue weighted by atomic mass is 9.94. The molecule has 40 heavy (non-hydrogen) atoms. The summed E-state index contributed by atoms with van der Waals surface area (Å²) < 4.78 is 55.8. The van der Waals surface area contributed by atoms with E-state index in [4.69, 9.17) is 14.2 Å². The lowest BCUT2D eigenvalue weighted by Gasteiger charge is -2.43. The van der Waals surface area contributed by atoms with Gasteiger partial charge in [0.2, 0.25) is 5.91 Å². The van der Waals surface area contributed by atoms with Crippen molar-refractivity contribution in [1.29, 1.82) is 0 Å². The molecular formula is C28H30F3N3O6. The first-order valence-electron chi connectivity index (χ1n) is 13.0. The van der Waals surface area contributed by atoms with Gasteiger partial charge in [0.25, 0.3) is 11.8 Å². The van der Waals surface area contributed by atoms with Crippen LogP contribution >= 0.6 is 0 Å². The molecule has 5 rings (SSSR count). The van der Waals surface area contributed by atoms with Crippen LogP contribution in [-0.4, -0.2) is 73.3 Å². The highest BCUT2D eigenvalue weighted by Crippen LogP contribution is 2.33. The fraction of sp³-hybridized carbons (Fsp3) is 0.464. The summed E-state index contributed by atoms with van der Waals surface area (Å²) in [5, 5.41) is 5.61. The first kappa shape index (κ1) is 27.9. The van der Waals surface area contributed by atoms with Crippen LogP contribution in [0, 0.1) is 0 Å². The zero-order chi connectivity index (χ0) is 28.7. The highest BCUT2D eigenvalue weighted by molar-refractivity contribution is 6.05. The molecule has 2 N–H and O–H groups in total. The highest BCUT2D eigenvalue weighted by atomic mass is 19.4. The minimum atomic E-state index is -4.50. The molecule has 0 spiro atoms. The molecule has 0 aliphatic carbocycles. The summed E-state index contributed by atoms with van der Waals surface area (Å²) in [4.78, 5) is 40.2. The topological polar surface area (TPSA) is 106 Å². The van der Waals surface area contributed by atoms with Gasteiger partial charge < -0.3 is 29.7 Å². The average molecular weight is 562 g/mol. The van der Waals surface area contributed by atoms with Crippen molar-refractivity contribution in [3.05, 3.63) is 59.2 Å². The molecule has 12 heteroatoms. The average Bonchev–Trinajstić information content (AvgIpc) is 2.89. The van der Waals surface area contributed by atoms with E-state index in [9.17, 15) is 27.6 Å². The molecule has 9 nitrogen and oxygen atoms in total. The maximum atomic E-state index is 13.4. The van der Waals surface area contributed by atoms with Crippen LogP contribution in [0.15, 0.2) is 42.5 Å². The van der Waals surface area contributed by atoms with E-state index in [1.54, 1.807) is 24.1 Å². The van der Waals surface area contributed by atoms with Crippen molar-refractivity contribution in [1.82, 2.24) is 10.2 Å². The number of hydrogen-bond acceptors (Lipinski definition) is 6. The van der Waals surface area contributed by atoms with Crippen LogP contribution < -0.4 is 15.4 Å². The van der Waals surface area contributed by atoms with Gasteiger partial charge in [0.1, 0.15) is 18.5 Å². The minimum Gasteiger partial charge on any atom is -0.490 e. The second kappa shape index (κ2) is 10.7. The number of rotatable bonds is 5. The van der Waals surface area contributed by atoms with E-state index in [0.717, 1.165) is 24.3 Å². The van der Waals surface area contributed by atoms with Crippen molar-refractivity contribution in [2.75, 3.05) is 32.2 Å². The number of carbonyl (C=O) groups excluding carboxylic acids is 3. The Morgan fingerprint density at radius 1 is 1.10 bits per heavy atom. The third-order valence-electron chi connectivity index (χ3n) is 7.44. The second-order valence-electron chi connectivity index (χ2n) is 10.7. The molecule has 0 aromatic heterocycles. The van der Waals surface area contributed by atoms with Crippen molar-refractivity contribution < 1.29 is 41.8 Å². The molecule has 2 saturated heterocycles. The number of amides is 3. The number of nitrogens with zero attached hydrogens (tertiary/aromatic N) is 1. The number of carbonyl (C=O) groups is 3. The van der Waals surface area contributed by atoms with Crippen molar-refractivity contribution in [3.8, 4) is 5.75 Å². The van der Waals surface area contributed by atoms with E-state index in [2.05, 4.69) is 10.6 Å². The Hall–Kier alpha value is -3.64. The number of ether oxygens (including phenoxy) is 3. The Balaban J connectivity index is 1.24. The molecule has 2 aromatic rings. The van der Waals surface area contributed by atoms with Gasteiger partial charge in [-0.05, 0) is 62.2 Å². The molecule has 0 radical (unpaired) electrons. The van der Waals surface area contributed by atoms with Gasteiger partial charge >= 0.3 is 6.18 Å². The number of anilines is 1. The lowest BCUT2D eigenvalue weighted by Crippen LogP contribution is -2.60. The van der Waals surface area contributed by atoms with Gasteiger partial charge in [-0.1, -0.05) is 0 Å². The van der Waals surface area contributed by atoms with E-state index in [0.29, 0.717) is 37.5 Å². The Morgan fingerprint density at radius 3 is 2.48 bits per heavy atom. The van der Waals surface area contributed by atoms with Gasteiger partial charge in [-0.25, -0.2) is 0 Å². The number of nitrogens with one attached hydrogen (secondary N) is 2. The molecule has 0 saturated carbocycles. The van der Waals surface area contributed by atoms with E-state index >= 15 is 0 Å². The van der Waals surface area contributed by atoms with Gasteiger partial charge in [-0.15, -0.1) is 0 Å². The van der Waals surface area contributed by atoms with Crippen LogP contribution in [0.5, 0.6) is 5.75 Å². The van der Waals surface area contributed by atoms with Crippen LogP contribution in [0.25, 0.3) is 0 Å². The number of fused-ring (bicyclic) bond motifs is 2. The van der Waals surface area contributed by atoms with Crippen LogP contribution in [0.1, 0.15) is 52.5 Å². The number of alkyl halides is 3. The molecule has 0 bridgehead atoms. The molecule has 214 valence electrons. The third-order valence-corrected chi connectivity index (χ3v) is 7.44. The van der Waals surface area contributed by atoms with Crippen molar-refractivity contribution in [3.63, 3.8) is 0 Å². The van der Waals surface area contributed by atoms with Gasteiger partial charge in [0.15, 0.2) is 0 Å². The van der Waals surface area contributed by atoms with E-state index in [-0.39, 0.29) is 53.7 Å². The summed E-state index contributed by atoms with van der Waals surface area (Å²) in [7, 11) is 1.68. The molecule has 3 atom stereocenters. The summed E-state index contributed by atoms with van der Waals surface area (Å²) in [6.07, 6.45) is -3.83. The van der Waals surface area contributed by atoms with Crippen LogP contribution in [-0.2, 0) is 20.4 Å². The standard InChI is InChI=1S/C28H30F3N3O6/c1-27(14-38-15-27)33-24(35)12-19-8-9-21-23(40-19)13-39-22-10-7-18(11-20(22)26(37)34(21)2)32-25(36)16-3-5-17(6-4-16)28(29,30)31/h3-7,10-11,19,21,23H,8-9,12-15H2,1-2H3,(H,32,36)(H,33,35)/t19-,21-,23-/m0/s1. The lowest BCUT2D eigenvalue weighted by molar-refractivity contribution is -0.141. The fourth-order valence-electron chi connectivity index (χ4n) is 5.19. The summed E-state index contributed by atoms with van der Waals surface area (Å²) in [6, 6.07) is 8.17. The number of benzene rings is 2. The Morgan fingerprint density at radius 2 is 1.82 bits per heavy atom. The van der Waals surface area contributed by atoms with Gasteiger partial charge in [0, 0.05) is 18.3 Å². The molecule has 2 aromatic carbocycles. The quantitative estimate of drug-likeness (QED) is 0.578. The highest BCUT2D eigenvalue weighted by Gasteiger charge is 2.40. The fourth-order valence-corrected chi connectivity index (χ4v) is 5.19. The smallest absolute Gasteiger partial charge is 0.416 e. The van der Waals surface area contributed by atoms with Crippen molar-refractivity contribution in [2.45, 2.75) is 56.2 Å². The van der Waals surface area contributed by atoms with E-state index in [1.807, 2.05) is 6.92 Å². The summed E-state index contributed by atoms with van der Waals surface area (Å²) in [6.45, 7) is 3.06. The largest absolute Gasteiger partial charge is 0.490 e. The molecule has 3 amide bonds. The van der Waals surface area contributed by atoms with Gasteiger partial charge in [-0.2, -0.15) is 13.2 Å². The normalized spacial score (nSPS) is 23.9. The SMILES string of the molecule is CN1C(=O)c2cc(NC(=O)c3ccc(C(F)(F)F)cc3)ccc2OC[C@@H]2O[C@H](CC(=O)NC3(C)COC3)CC[C@@H]21. The number of halogens is 3. The summed E-state index contributed by atoms with van der Waals surface area (Å²) >= 11 is 0. The zero-order valence-electron chi connectivity index (χ0n) is 22.0. The second-order valence-corrected chi connectivity index (χ2v) is 10.7. The third kappa shape index (κ3) is 5.92. The first-order chi connectivity index (χ1) is 18.9. The predicted molar refractivity (Wildman–Crippen MR) is 137 cm³/mol. The summed E-state index contributed by atoms with van der Waals surface area (Å²) in [5.41, 5.74) is -0.621. The Labute approximate surface area is 228 Å². The van der Waals surface area contributed by atoms with Crippen LogP contribution in [0.3, 0.4) is 0 Å². The molecule has 3 heterocycles. The van der Waals surface area contributed by atoms with E-state index in [1.165, 1.54) is 6.07 Å². The zero-order valence-corrected chi connectivity index (χ0v) is 22.0. The first-order valence-corrected chi connectivity index (χ1v) is 13.0. The molecular weight excluding hydrogens is 531 g/mol. The molecule has 3 aliphatic rings. The van der Waals surface area contributed by atoms with Crippen molar-refractivity contribution in [2.24, 2.45) is 0 Å².